The lowest BCUT2D eigenvalue weighted by molar-refractivity contribution is 0.112. The molecule has 0 unspecified atom stereocenters. The molecule has 0 aliphatic heterocycles. The third kappa shape index (κ3) is 3.07. The smallest absolute Gasteiger partial charge is 0.150 e. The van der Waals surface area contributed by atoms with Gasteiger partial charge in [-0.3, -0.25) is 4.79 Å². The van der Waals surface area contributed by atoms with Gasteiger partial charge in [0.1, 0.15) is 6.29 Å². The molecule has 0 bridgehead atoms. The number of aryl methyl sites for hydroxylation is 1. The van der Waals surface area contributed by atoms with Crippen LogP contribution in [0.4, 0.5) is 0 Å². The first-order chi connectivity index (χ1) is 10.3. The SMILES string of the molecule is Cc1ccc(C=O)cc1-c1ccc(C2CCCCC2)cc1. The number of aldehydes is 1. The van der Waals surface area contributed by atoms with Crippen LogP contribution in [0.1, 0.15) is 59.5 Å². The fourth-order valence-electron chi connectivity index (χ4n) is 3.39. The van der Waals surface area contributed by atoms with E-state index < -0.39 is 0 Å². The lowest BCUT2D eigenvalue weighted by Gasteiger charge is -2.22. The van der Waals surface area contributed by atoms with Crippen molar-refractivity contribution in [1.29, 1.82) is 0 Å². The minimum absolute atomic E-state index is 0.743. The summed E-state index contributed by atoms with van der Waals surface area (Å²) in [5.41, 5.74) is 5.80. The molecule has 0 atom stereocenters. The molecule has 0 saturated heterocycles. The fourth-order valence-corrected chi connectivity index (χ4v) is 3.39. The highest BCUT2D eigenvalue weighted by atomic mass is 16.1. The van der Waals surface area contributed by atoms with E-state index in [2.05, 4.69) is 31.2 Å². The zero-order valence-electron chi connectivity index (χ0n) is 12.6. The highest BCUT2D eigenvalue weighted by Crippen LogP contribution is 2.34. The van der Waals surface area contributed by atoms with E-state index in [9.17, 15) is 4.79 Å². The molecule has 0 aromatic heterocycles. The van der Waals surface area contributed by atoms with E-state index in [1.165, 1.54) is 48.8 Å². The summed E-state index contributed by atoms with van der Waals surface area (Å²) >= 11 is 0. The van der Waals surface area contributed by atoms with Crippen molar-refractivity contribution in [2.75, 3.05) is 0 Å². The van der Waals surface area contributed by atoms with Gasteiger partial charge < -0.3 is 0 Å². The van der Waals surface area contributed by atoms with Gasteiger partial charge in [0.2, 0.25) is 0 Å². The molecule has 0 radical (unpaired) electrons. The van der Waals surface area contributed by atoms with Crippen molar-refractivity contribution in [3.8, 4) is 11.1 Å². The third-order valence-electron chi connectivity index (χ3n) is 4.70. The molecule has 0 spiro atoms. The molecule has 1 heteroatoms. The zero-order valence-corrected chi connectivity index (χ0v) is 12.6. The maximum absolute atomic E-state index is 11.0. The van der Waals surface area contributed by atoms with Crippen LogP contribution in [0, 0.1) is 6.92 Å². The van der Waals surface area contributed by atoms with E-state index in [1.807, 2.05) is 18.2 Å². The fraction of sp³-hybridized carbons (Fsp3) is 0.350. The van der Waals surface area contributed by atoms with Crippen molar-refractivity contribution >= 4 is 6.29 Å². The number of benzene rings is 2. The normalized spacial score (nSPS) is 15.9. The number of rotatable bonds is 3. The summed E-state index contributed by atoms with van der Waals surface area (Å²) in [7, 11) is 0. The van der Waals surface area contributed by atoms with Crippen LogP contribution in [0.3, 0.4) is 0 Å². The Hall–Kier alpha value is -1.89. The Labute approximate surface area is 127 Å². The van der Waals surface area contributed by atoms with Gasteiger partial charge in [-0.15, -0.1) is 0 Å². The van der Waals surface area contributed by atoms with Gasteiger partial charge >= 0.3 is 0 Å². The molecule has 1 saturated carbocycles. The lowest BCUT2D eigenvalue weighted by atomic mass is 9.83. The Balaban J connectivity index is 1.88. The zero-order chi connectivity index (χ0) is 14.7. The summed E-state index contributed by atoms with van der Waals surface area (Å²) in [6.07, 6.45) is 7.71. The van der Waals surface area contributed by atoms with Crippen LogP contribution >= 0.6 is 0 Å². The van der Waals surface area contributed by atoms with E-state index in [4.69, 9.17) is 0 Å². The maximum Gasteiger partial charge on any atom is 0.150 e. The van der Waals surface area contributed by atoms with Crippen LogP contribution in [0.2, 0.25) is 0 Å². The summed E-state index contributed by atoms with van der Waals surface area (Å²) in [5, 5.41) is 0. The predicted molar refractivity (Wildman–Crippen MR) is 87.8 cm³/mol. The Kier molecular flexibility index (Phi) is 4.19. The Morgan fingerprint density at radius 2 is 1.67 bits per heavy atom. The average Bonchev–Trinajstić information content (AvgIpc) is 2.56. The minimum Gasteiger partial charge on any atom is -0.298 e. The highest BCUT2D eigenvalue weighted by molar-refractivity contribution is 5.80. The standard InChI is InChI=1S/C20H22O/c1-15-7-8-16(14-21)13-20(15)19-11-9-18(10-12-19)17-5-3-2-4-6-17/h7-14,17H,2-6H2,1H3. The summed E-state index contributed by atoms with van der Waals surface area (Å²) in [6, 6.07) is 14.9. The third-order valence-corrected chi connectivity index (χ3v) is 4.70. The summed E-state index contributed by atoms with van der Waals surface area (Å²) < 4.78 is 0. The molecule has 0 heterocycles. The number of carbonyl (C=O) groups is 1. The molecule has 2 aromatic carbocycles. The topological polar surface area (TPSA) is 17.1 Å². The second-order valence-electron chi connectivity index (χ2n) is 6.15. The molecule has 1 aliphatic carbocycles. The molecular weight excluding hydrogens is 256 g/mol. The Morgan fingerprint density at radius 1 is 0.952 bits per heavy atom. The van der Waals surface area contributed by atoms with Crippen molar-refractivity contribution in [3.63, 3.8) is 0 Å². The predicted octanol–water partition coefficient (Wildman–Crippen LogP) is 5.52. The molecule has 1 fully saturated rings. The molecular formula is C20H22O. The quantitative estimate of drug-likeness (QED) is 0.675. The van der Waals surface area contributed by atoms with Crippen molar-refractivity contribution in [1.82, 2.24) is 0 Å². The van der Waals surface area contributed by atoms with Gasteiger partial charge in [0.15, 0.2) is 0 Å². The van der Waals surface area contributed by atoms with E-state index >= 15 is 0 Å². The van der Waals surface area contributed by atoms with Crippen LogP contribution in [-0.2, 0) is 0 Å². The van der Waals surface area contributed by atoms with Crippen molar-refractivity contribution in [2.45, 2.75) is 44.9 Å². The van der Waals surface area contributed by atoms with Gasteiger partial charge in [0.25, 0.3) is 0 Å². The monoisotopic (exact) mass is 278 g/mol. The summed E-state index contributed by atoms with van der Waals surface area (Å²) in [5.74, 6) is 0.746. The first-order valence-corrected chi connectivity index (χ1v) is 7.94. The second kappa shape index (κ2) is 6.26. The average molecular weight is 278 g/mol. The van der Waals surface area contributed by atoms with Crippen molar-refractivity contribution in [3.05, 3.63) is 59.2 Å². The largest absolute Gasteiger partial charge is 0.298 e. The second-order valence-corrected chi connectivity index (χ2v) is 6.15. The van der Waals surface area contributed by atoms with E-state index in [0.29, 0.717) is 0 Å². The first kappa shape index (κ1) is 14.1. The molecule has 0 amide bonds. The summed E-state index contributed by atoms with van der Waals surface area (Å²) in [6.45, 7) is 2.10. The number of carbonyl (C=O) groups excluding carboxylic acids is 1. The molecule has 3 rings (SSSR count). The number of hydrogen-bond donors (Lipinski definition) is 0. The van der Waals surface area contributed by atoms with Crippen molar-refractivity contribution < 1.29 is 4.79 Å². The van der Waals surface area contributed by atoms with E-state index in [0.717, 1.165) is 23.3 Å². The Bertz CT molecular complexity index is 619. The molecule has 1 nitrogen and oxygen atoms in total. The lowest BCUT2D eigenvalue weighted by Crippen LogP contribution is -2.04. The molecule has 0 N–H and O–H groups in total. The number of hydrogen-bond acceptors (Lipinski definition) is 1. The molecule has 1 aliphatic rings. The van der Waals surface area contributed by atoms with Gasteiger partial charge in [-0.1, -0.05) is 55.7 Å². The molecule has 21 heavy (non-hydrogen) atoms. The summed E-state index contributed by atoms with van der Waals surface area (Å²) in [4.78, 5) is 11.0. The van der Waals surface area contributed by atoms with Gasteiger partial charge in [-0.2, -0.15) is 0 Å². The Morgan fingerprint density at radius 3 is 2.33 bits per heavy atom. The van der Waals surface area contributed by atoms with Gasteiger partial charge in [-0.05, 0) is 54.0 Å². The van der Waals surface area contributed by atoms with Gasteiger partial charge in [-0.25, -0.2) is 0 Å². The maximum atomic E-state index is 11.0. The molecule has 2 aromatic rings. The first-order valence-electron chi connectivity index (χ1n) is 7.94. The van der Waals surface area contributed by atoms with Gasteiger partial charge in [0, 0.05) is 5.56 Å². The van der Waals surface area contributed by atoms with Crippen LogP contribution in [-0.4, -0.2) is 6.29 Å². The van der Waals surface area contributed by atoms with E-state index in [1.54, 1.807) is 0 Å². The van der Waals surface area contributed by atoms with Crippen LogP contribution < -0.4 is 0 Å². The minimum atomic E-state index is 0.743. The van der Waals surface area contributed by atoms with Crippen LogP contribution in [0.5, 0.6) is 0 Å². The van der Waals surface area contributed by atoms with E-state index in [-0.39, 0.29) is 0 Å². The van der Waals surface area contributed by atoms with Crippen molar-refractivity contribution in [2.24, 2.45) is 0 Å². The van der Waals surface area contributed by atoms with Crippen LogP contribution in [0.25, 0.3) is 11.1 Å². The molecule has 108 valence electrons. The highest BCUT2D eigenvalue weighted by Gasteiger charge is 2.15. The van der Waals surface area contributed by atoms with Crippen LogP contribution in [0.15, 0.2) is 42.5 Å². The van der Waals surface area contributed by atoms with Gasteiger partial charge in [0.05, 0.1) is 0 Å².